The Bertz CT molecular complexity index is 791. The molecular weight excluding hydrogens is 330 g/mol. The molecule has 5 heteroatoms. The van der Waals surface area contributed by atoms with E-state index in [2.05, 4.69) is 10.8 Å². The Morgan fingerprint density at radius 1 is 1.04 bits per heavy atom. The molecule has 5 nitrogen and oxygen atoms in total. The van der Waals surface area contributed by atoms with Crippen LogP contribution in [0.4, 0.5) is 5.69 Å². The lowest BCUT2D eigenvalue weighted by Crippen LogP contribution is -2.36. The number of methoxy groups -OCH3 is 2. The van der Waals surface area contributed by atoms with E-state index in [-0.39, 0.29) is 0 Å². The third-order valence-electron chi connectivity index (χ3n) is 4.67. The van der Waals surface area contributed by atoms with Gasteiger partial charge in [-0.15, -0.1) is 6.42 Å². The minimum absolute atomic E-state index is 0.610. The minimum Gasteiger partial charge on any atom is -0.497 e. The Morgan fingerprint density at radius 3 is 2.27 bits per heavy atom. The standard InChI is InChI=1S/C21H23NO4/c1-4-21(23,16-5-8-18(24-2)9-6-16)17-7-10-20(25-3)19(15-17)22-11-13-26-14-12-22/h1,5-10,15,23H,11-14H2,2-3H3. The predicted molar refractivity (Wildman–Crippen MR) is 101 cm³/mol. The van der Waals surface area contributed by atoms with Crippen LogP contribution in [0.5, 0.6) is 11.5 Å². The molecule has 0 aromatic heterocycles. The Balaban J connectivity index is 2.03. The first-order valence-corrected chi connectivity index (χ1v) is 8.48. The monoisotopic (exact) mass is 353 g/mol. The molecule has 1 aliphatic rings. The van der Waals surface area contributed by atoms with Crippen LogP contribution in [0.15, 0.2) is 42.5 Å². The fourth-order valence-corrected chi connectivity index (χ4v) is 3.13. The van der Waals surface area contributed by atoms with Crippen molar-refractivity contribution in [2.45, 2.75) is 5.60 Å². The third kappa shape index (κ3) is 3.34. The summed E-state index contributed by atoms with van der Waals surface area (Å²) in [5, 5.41) is 11.3. The fraction of sp³-hybridized carbons (Fsp3) is 0.333. The van der Waals surface area contributed by atoms with Crippen LogP contribution >= 0.6 is 0 Å². The van der Waals surface area contributed by atoms with Crippen molar-refractivity contribution in [2.75, 3.05) is 45.4 Å². The Morgan fingerprint density at radius 2 is 1.69 bits per heavy atom. The summed E-state index contributed by atoms with van der Waals surface area (Å²) in [6.45, 7) is 2.84. The minimum atomic E-state index is -1.54. The van der Waals surface area contributed by atoms with Gasteiger partial charge in [-0.3, -0.25) is 0 Å². The van der Waals surface area contributed by atoms with Gasteiger partial charge in [-0.2, -0.15) is 0 Å². The van der Waals surface area contributed by atoms with Crippen LogP contribution in [-0.4, -0.2) is 45.6 Å². The molecule has 0 bridgehead atoms. The summed E-state index contributed by atoms with van der Waals surface area (Å²) < 4.78 is 16.1. The van der Waals surface area contributed by atoms with Gasteiger partial charge in [0.2, 0.25) is 0 Å². The second-order valence-corrected chi connectivity index (χ2v) is 6.07. The maximum absolute atomic E-state index is 11.3. The zero-order valence-electron chi connectivity index (χ0n) is 15.1. The smallest absolute Gasteiger partial charge is 0.176 e. The van der Waals surface area contributed by atoms with E-state index in [0.29, 0.717) is 30.1 Å². The highest BCUT2D eigenvalue weighted by molar-refractivity contribution is 5.63. The number of benzene rings is 2. The number of aliphatic hydroxyl groups is 1. The molecule has 0 saturated carbocycles. The van der Waals surface area contributed by atoms with Crippen molar-refractivity contribution in [3.05, 3.63) is 53.6 Å². The average Bonchev–Trinajstić information content (AvgIpc) is 2.73. The summed E-state index contributed by atoms with van der Waals surface area (Å²) in [5.41, 5.74) is 0.585. The normalized spacial score (nSPS) is 16.5. The highest BCUT2D eigenvalue weighted by Gasteiger charge is 2.31. The molecule has 26 heavy (non-hydrogen) atoms. The van der Waals surface area contributed by atoms with Gasteiger partial charge in [0.15, 0.2) is 5.60 Å². The van der Waals surface area contributed by atoms with Gasteiger partial charge < -0.3 is 24.2 Å². The molecule has 0 radical (unpaired) electrons. The average molecular weight is 353 g/mol. The van der Waals surface area contributed by atoms with E-state index in [9.17, 15) is 5.11 Å². The van der Waals surface area contributed by atoms with E-state index in [0.717, 1.165) is 24.5 Å². The van der Waals surface area contributed by atoms with Crippen LogP contribution in [0, 0.1) is 12.3 Å². The van der Waals surface area contributed by atoms with Crippen LogP contribution < -0.4 is 14.4 Å². The second kappa shape index (κ2) is 7.69. The van der Waals surface area contributed by atoms with Gasteiger partial charge in [-0.1, -0.05) is 24.1 Å². The first-order chi connectivity index (χ1) is 12.6. The lowest BCUT2D eigenvalue weighted by Gasteiger charge is -2.32. The molecule has 1 fully saturated rings. The van der Waals surface area contributed by atoms with Gasteiger partial charge in [-0.05, 0) is 24.3 Å². The van der Waals surface area contributed by atoms with Gasteiger partial charge >= 0.3 is 0 Å². The van der Waals surface area contributed by atoms with E-state index in [1.54, 1.807) is 44.6 Å². The predicted octanol–water partition coefficient (Wildman–Crippen LogP) is 2.41. The highest BCUT2D eigenvalue weighted by atomic mass is 16.5. The van der Waals surface area contributed by atoms with Crippen molar-refractivity contribution in [1.29, 1.82) is 0 Å². The maximum Gasteiger partial charge on any atom is 0.176 e. The molecule has 0 aliphatic carbocycles. The van der Waals surface area contributed by atoms with Crippen LogP contribution in [0.1, 0.15) is 11.1 Å². The van der Waals surface area contributed by atoms with Crippen molar-refractivity contribution in [2.24, 2.45) is 0 Å². The van der Waals surface area contributed by atoms with Gasteiger partial charge in [0.1, 0.15) is 11.5 Å². The van der Waals surface area contributed by atoms with Crippen LogP contribution in [-0.2, 0) is 10.3 Å². The van der Waals surface area contributed by atoms with Crippen LogP contribution in [0.3, 0.4) is 0 Å². The summed E-state index contributed by atoms with van der Waals surface area (Å²) in [5.74, 6) is 3.99. The highest BCUT2D eigenvalue weighted by Crippen LogP contribution is 2.37. The number of terminal acetylenes is 1. The van der Waals surface area contributed by atoms with Gasteiger partial charge in [-0.25, -0.2) is 0 Å². The molecule has 1 saturated heterocycles. The molecule has 2 aromatic rings. The lowest BCUT2D eigenvalue weighted by atomic mass is 9.86. The van der Waals surface area contributed by atoms with Gasteiger partial charge in [0.05, 0.1) is 33.1 Å². The van der Waals surface area contributed by atoms with Crippen molar-refractivity contribution < 1.29 is 19.3 Å². The summed E-state index contributed by atoms with van der Waals surface area (Å²) in [7, 11) is 3.23. The number of morpholine rings is 1. The summed E-state index contributed by atoms with van der Waals surface area (Å²) in [6, 6.07) is 12.6. The van der Waals surface area contributed by atoms with Crippen molar-refractivity contribution in [3.8, 4) is 23.8 Å². The number of hydrogen-bond acceptors (Lipinski definition) is 5. The molecule has 1 heterocycles. The van der Waals surface area contributed by atoms with E-state index >= 15 is 0 Å². The lowest BCUT2D eigenvalue weighted by molar-refractivity contribution is 0.122. The van der Waals surface area contributed by atoms with Crippen molar-refractivity contribution in [1.82, 2.24) is 0 Å². The number of nitrogens with zero attached hydrogens (tertiary/aromatic N) is 1. The molecule has 1 unspecified atom stereocenters. The van der Waals surface area contributed by atoms with E-state index in [1.165, 1.54) is 0 Å². The number of ether oxygens (including phenoxy) is 3. The fourth-order valence-electron chi connectivity index (χ4n) is 3.13. The largest absolute Gasteiger partial charge is 0.497 e. The molecular formula is C21H23NO4. The van der Waals surface area contributed by atoms with Gasteiger partial charge in [0, 0.05) is 24.2 Å². The molecule has 3 rings (SSSR count). The summed E-state index contributed by atoms with van der Waals surface area (Å²) in [4.78, 5) is 2.18. The maximum atomic E-state index is 11.3. The van der Waals surface area contributed by atoms with Crippen LogP contribution in [0.25, 0.3) is 0 Å². The zero-order chi connectivity index (χ0) is 18.6. The number of rotatable bonds is 5. The Kier molecular flexibility index (Phi) is 5.36. The van der Waals surface area contributed by atoms with E-state index < -0.39 is 5.60 Å². The van der Waals surface area contributed by atoms with Crippen molar-refractivity contribution in [3.63, 3.8) is 0 Å². The molecule has 1 aliphatic heterocycles. The topological polar surface area (TPSA) is 51.2 Å². The summed E-state index contributed by atoms with van der Waals surface area (Å²) in [6.07, 6.45) is 5.74. The zero-order valence-corrected chi connectivity index (χ0v) is 15.1. The molecule has 0 spiro atoms. The van der Waals surface area contributed by atoms with E-state index in [4.69, 9.17) is 20.6 Å². The molecule has 1 N–H and O–H groups in total. The number of hydrogen-bond donors (Lipinski definition) is 1. The first-order valence-electron chi connectivity index (χ1n) is 8.48. The first kappa shape index (κ1) is 18.1. The second-order valence-electron chi connectivity index (χ2n) is 6.07. The number of anilines is 1. The SMILES string of the molecule is C#CC(O)(c1ccc(OC)cc1)c1ccc(OC)c(N2CCOCC2)c1. The quantitative estimate of drug-likeness (QED) is 0.837. The van der Waals surface area contributed by atoms with Crippen LogP contribution in [0.2, 0.25) is 0 Å². The Hall–Kier alpha value is -2.68. The molecule has 136 valence electrons. The molecule has 0 amide bonds. The van der Waals surface area contributed by atoms with Gasteiger partial charge in [0.25, 0.3) is 0 Å². The Labute approximate surface area is 154 Å². The van der Waals surface area contributed by atoms with Crippen molar-refractivity contribution >= 4 is 5.69 Å². The molecule has 2 aromatic carbocycles. The summed E-state index contributed by atoms with van der Waals surface area (Å²) >= 11 is 0. The molecule has 1 atom stereocenters. The third-order valence-corrected chi connectivity index (χ3v) is 4.67. The van der Waals surface area contributed by atoms with E-state index in [1.807, 2.05) is 12.1 Å².